The van der Waals surface area contributed by atoms with Crippen molar-refractivity contribution >= 4 is 21.7 Å². The fourth-order valence-corrected chi connectivity index (χ4v) is 1.65. The van der Waals surface area contributed by atoms with E-state index >= 15 is 0 Å². The third-order valence-corrected chi connectivity index (χ3v) is 2.40. The van der Waals surface area contributed by atoms with Crippen LogP contribution in [0.15, 0.2) is 29.2 Å². The summed E-state index contributed by atoms with van der Waals surface area (Å²) in [5, 5.41) is 0. The summed E-state index contributed by atoms with van der Waals surface area (Å²) in [7, 11) is -4.26. The minimum Gasteiger partial charge on any atom is -0.474 e. The SMILES string of the molecule is CC(Cl)Oc1ccccc1S(=O)(=O)O. The second kappa shape index (κ2) is 4.16. The largest absolute Gasteiger partial charge is 0.474 e. The molecule has 0 aromatic heterocycles. The fourth-order valence-electron chi connectivity index (χ4n) is 0.936. The van der Waals surface area contributed by atoms with E-state index in [1.807, 2.05) is 0 Å². The molecule has 4 nitrogen and oxygen atoms in total. The number of para-hydroxylation sites is 1. The van der Waals surface area contributed by atoms with Crippen LogP contribution in [-0.4, -0.2) is 18.5 Å². The molecule has 0 saturated carbocycles. The topological polar surface area (TPSA) is 63.6 Å². The molecule has 6 heteroatoms. The van der Waals surface area contributed by atoms with E-state index in [-0.39, 0.29) is 10.6 Å². The molecule has 0 aliphatic rings. The molecule has 0 amide bonds. The minimum absolute atomic E-state index is 0.0394. The first-order chi connectivity index (χ1) is 6.41. The second-order valence-corrected chi connectivity index (χ2v) is 4.59. The van der Waals surface area contributed by atoms with Crippen molar-refractivity contribution in [2.24, 2.45) is 0 Å². The van der Waals surface area contributed by atoms with E-state index in [2.05, 4.69) is 0 Å². The summed E-state index contributed by atoms with van der Waals surface area (Å²) in [6, 6.07) is 5.73. The maximum atomic E-state index is 10.9. The first kappa shape index (κ1) is 11.3. The van der Waals surface area contributed by atoms with Gasteiger partial charge in [-0.2, -0.15) is 8.42 Å². The number of rotatable bonds is 3. The van der Waals surface area contributed by atoms with E-state index in [4.69, 9.17) is 20.9 Å². The summed E-state index contributed by atoms with van der Waals surface area (Å²) < 4.78 is 35.6. The molecule has 1 unspecified atom stereocenters. The molecule has 1 N–H and O–H groups in total. The summed E-state index contributed by atoms with van der Waals surface area (Å²) in [5.41, 5.74) is -0.669. The number of benzene rings is 1. The molecular weight excluding hydrogens is 228 g/mol. The van der Waals surface area contributed by atoms with Gasteiger partial charge in [0.25, 0.3) is 10.1 Å². The second-order valence-electron chi connectivity index (χ2n) is 2.58. The molecule has 0 bridgehead atoms. The lowest BCUT2D eigenvalue weighted by molar-refractivity contribution is 0.292. The Morgan fingerprint density at radius 2 is 2.00 bits per heavy atom. The standard InChI is InChI=1S/C8H9ClO4S/c1-6(9)13-7-4-2-3-5-8(7)14(10,11)12/h2-6H,1H3,(H,10,11,12). The van der Waals surface area contributed by atoms with Crippen LogP contribution < -0.4 is 4.74 Å². The molecule has 0 spiro atoms. The van der Waals surface area contributed by atoms with Gasteiger partial charge in [0.15, 0.2) is 5.56 Å². The Morgan fingerprint density at radius 3 is 2.50 bits per heavy atom. The highest BCUT2D eigenvalue weighted by Crippen LogP contribution is 2.24. The van der Waals surface area contributed by atoms with Gasteiger partial charge >= 0.3 is 0 Å². The van der Waals surface area contributed by atoms with Gasteiger partial charge in [-0.3, -0.25) is 4.55 Å². The quantitative estimate of drug-likeness (QED) is 0.643. The molecule has 1 aromatic carbocycles. The van der Waals surface area contributed by atoms with Crippen molar-refractivity contribution in [3.8, 4) is 5.75 Å². The zero-order chi connectivity index (χ0) is 10.8. The lowest BCUT2D eigenvalue weighted by Crippen LogP contribution is -2.07. The third-order valence-electron chi connectivity index (χ3n) is 1.42. The van der Waals surface area contributed by atoms with Crippen LogP contribution in [0.5, 0.6) is 5.75 Å². The molecule has 1 rings (SSSR count). The van der Waals surface area contributed by atoms with Crippen LogP contribution >= 0.6 is 11.6 Å². The van der Waals surface area contributed by atoms with Gasteiger partial charge in [-0.15, -0.1) is 0 Å². The third kappa shape index (κ3) is 2.87. The zero-order valence-electron chi connectivity index (χ0n) is 7.34. The lowest BCUT2D eigenvalue weighted by atomic mass is 10.3. The Morgan fingerprint density at radius 1 is 1.43 bits per heavy atom. The van der Waals surface area contributed by atoms with E-state index < -0.39 is 15.7 Å². The zero-order valence-corrected chi connectivity index (χ0v) is 8.92. The molecule has 0 fully saturated rings. The van der Waals surface area contributed by atoms with Gasteiger partial charge in [0.2, 0.25) is 0 Å². The van der Waals surface area contributed by atoms with Gasteiger partial charge in [0.1, 0.15) is 10.6 Å². The first-order valence-electron chi connectivity index (χ1n) is 3.78. The predicted molar refractivity (Wildman–Crippen MR) is 52.2 cm³/mol. The van der Waals surface area contributed by atoms with Crippen molar-refractivity contribution in [1.82, 2.24) is 0 Å². The average Bonchev–Trinajstić information content (AvgIpc) is 2.01. The highest BCUT2D eigenvalue weighted by atomic mass is 35.5. The monoisotopic (exact) mass is 236 g/mol. The van der Waals surface area contributed by atoms with E-state index in [1.165, 1.54) is 18.2 Å². The van der Waals surface area contributed by atoms with Crippen molar-refractivity contribution in [2.45, 2.75) is 17.4 Å². The minimum atomic E-state index is -4.26. The van der Waals surface area contributed by atoms with Crippen molar-refractivity contribution in [1.29, 1.82) is 0 Å². The molecule has 0 heterocycles. The number of ether oxygens (including phenoxy) is 1. The maximum absolute atomic E-state index is 10.9. The van der Waals surface area contributed by atoms with Crippen LogP contribution in [0, 0.1) is 0 Å². The maximum Gasteiger partial charge on any atom is 0.298 e. The van der Waals surface area contributed by atoms with Gasteiger partial charge in [-0.05, 0) is 19.1 Å². The van der Waals surface area contributed by atoms with E-state index in [9.17, 15) is 8.42 Å². The van der Waals surface area contributed by atoms with Gasteiger partial charge < -0.3 is 4.74 Å². The van der Waals surface area contributed by atoms with Crippen LogP contribution in [0.1, 0.15) is 6.92 Å². The Balaban J connectivity index is 3.17. The molecule has 1 atom stereocenters. The number of hydrogen-bond donors (Lipinski definition) is 1. The molecule has 14 heavy (non-hydrogen) atoms. The molecule has 1 aromatic rings. The van der Waals surface area contributed by atoms with E-state index in [1.54, 1.807) is 13.0 Å². The van der Waals surface area contributed by atoms with Crippen molar-refractivity contribution < 1.29 is 17.7 Å². The predicted octanol–water partition coefficient (Wildman–Crippen LogP) is 1.90. The normalized spacial score (nSPS) is 13.6. The summed E-state index contributed by atoms with van der Waals surface area (Å²) >= 11 is 5.54. The van der Waals surface area contributed by atoms with Crippen molar-refractivity contribution in [3.05, 3.63) is 24.3 Å². The molecule has 78 valence electrons. The van der Waals surface area contributed by atoms with Crippen LogP contribution in [0.3, 0.4) is 0 Å². The fraction of sp³-hybridized carbons (Fsp3) is 0.250. The number of hydrogen-bond acceptors (Lipinski definition) is 3. The van der Waals surface area contributed by atoms with E-state index in [0.29, 0.717) is 0 Å². The van der Waals surface area contributed by atoms with Crippen molar-refractivity contribution in [3.63, 3.8) is 0 Å². The Hall–Kier alpha value is -0.780. The number of halogens is 1. The van der Waals surface area contributed by atoms with Gasteiger partial charge in [-0.25, -0.2) is 0 Å². The first-order valence-corrected chi connectivity index (χ1v) is 5.66. The lowest BCUT2D eigenvalue weighted by Gasteiger charge is -2.10. The van der Waals surface area contributed by atoms with Crippen LogP contribution in [-0.2, 0) is 10.1 Å². The molecule has 0 aliphatic carbocycles. The highest BCUT2D eigenvalue weighted by molar-refractivity contribution is 7.86. The summed E-state index contributed by atoms with van der Waals surface area (Å²) in [6.45, 7) is 1.54. The molecule has 0 radical (unpaired) electrons. The highest BCUT2D eigenvalue weighted by Gasteiger charge is 2.16. The Bertz CT molecular complexity index is 413. The summed E-state index contributed by atoms with van der Waals surface area (Å²) in [5.74, 6) is 0.0394. The van der Waals surface area contributed by atoms with E-state index in [0.717, 1.165) is 0 Å². The average molecular weight is 237 g/mol. The van der Waals surface area contributed by atoms with Crippen LogP contribution in [0.2, 0.25) is 0 Å². The van der Waals surface area contributed by atoms with Crippen molar-refractivity contribution in [2.75, 3.05) is 0 Å². The summed E-state index contributed by atoms with van der Waals surface area (Å²) in [6.07, 6.45) is 0. The Kier molecular flexibility index (Phi) is 3.36. The Labute approximate surface area is 87.2 Å². The summed E-state index contributed by atoms with van der Waals surface area (Å²) in [4.78, 5) is -0.285. The molecule has 0 saturated heterocycles. The smallest absolute Gasteiger partial charge is 0.298 e. The van der Waals surface area contributed by atoms with Gasteiger partial charge in [-0.1, -0.05) is 23.7 Å². The molecular formula is C8H9ClO4S. The van der Waals surface area contributed by atoms with Crippen LogP contribution in [0.4, 0.5) is 0 Å². The molecule has 0 aliphatic heterocycles. The van der Waals surface area contributed by atoms with Gasteiger partial charge in [0, 0.05) is 0 Å². The van der Waals surface area contributed by atoms with Gasteiger partial charge in [0.05, 0.1) is 0 Å². The number of alkyl halides is 1. The van der Waals surface area contributed by atoms with Crippen LogP contribution in [0.25, 0.3) is 0 Å².